The number of hydrogen-bond donors (Lipinski definition) is 0. The Morgan fingerprint density at radius 1 is 0.955 bits per heavy atom. The number of amides is 2. The van der Waals surface area contributed by atoms with Gasteiger partial charge in [-0.2, -0.15) is 0 Å². The molecule has 3 nitrogen and oxygen atoms in total. The summed E-state index contributed by atoms with van der Waals surface area (Å²) in [6.45, 7) is 4.01. The summed E-state index contributed by atoms with van der Waals surface area (Å²) in [5.41, 5.74) is 2.94. The molecule has 3 fully saturated rings. The first-order valence-corrected chi connectivity index (χ1v) is 8.21. The predicted octanol–water partition coefficient (Wildman–Crippen LogP) is 2.86. The second kappa shape index (κ2) is 3.89. The summed E-state index contributed by atoms with van der Waals surface area (Å²) in [5, 5.41) is 0. The van der Waals surface area contributed by atoms with Crippen molar-refractivity contribution in [1.29, 1.82) is 0 Å². The van der Waals surface area contributed by atoms with Crippen LogP contribution in [0.2, 0.25) is 0 Å². The molecule has 1 aromatic carbocycles. The zero-order chi connectivity index (χ0) is 15.2. The topological polar surface area (TPSA) is 37.4 Å². The van der Waals surface area contributed by atoms with Crippen LogP contribution in [0.3, 0.4) is 0 Å². The minimum absolute atomic E-state index is 0.0339. The molecule has 1 heterocycles. The third-order valence-electron chi connectivity index (χ3n) is 6.26. The van der Waals surface area contributed by atoms with Crippen molar-refractivity contribution in [3.8, 4) is 0 Å². The standard InChI is InChI=1S/C19H19NO2/c1-9-3-6-15(10(2)7-9)20-18(21)16-11-4-5-12(14-8-13(11)14)17(16)19(20)22/h3-7,11-14,16-17H,8H2,1-2H3/t11-,12-,13-,14+,16+,17-/m1/s1. The maximum atomic E-state index is 13.0. The zero-order valence-corrected chi connectivity index (χ0v) is 12.8. The molecular formula is C19H19NO2. The SMILES string of the molecule is Cc1ccc(N2C(=O)[C@@H]3[C@@H]4C=C[C@H]([C@H]5C[C@@H]45)[C@@H]3C2=O)c(C)c1. The first-order valence-electron chi connectivity index (χ1n) is 8.21. The van der Waals surface area contributed by atoms with Crippen LogP contribution in [-0.2, 0) is 9.59 Å². The van der Waals surface area contributed by atoms with Gasteiger partial charge >= 0.3 is 0 Å². The molecule has 3 heteroatoms. The van der Waals surface area contributed by atoms with Crippen LogP contribution >= 0.6 is 0 Å². The minimum atomic E-state index is -0.105. The zero-order valence-electron chi connectivity index (χ0n) is 12.8. The number of carbonyl (C=O) groups excluding carboxylic acids is 2. The second-order valence-corrected chi connectivity index (χ2v) is 7.46. The van der Waals surface area contributed by atoms with E-state index in [0.717, 1.165) is 16.8 Å². The van der Waals surface area contributed by atoms with E-state index in [2.05, 4.69) is 12.2 Å². The number of nitrogens with zero attached hydrogens (tertiary/aromatic N) is 1. The molecule has 1 saturated heterocycles. The van der Waals surface area contributed by atoms with E-state index in [1.807, 2.05) is 32.0 Å². The predicted molar refractivity (Wildman–Crippen MR) is 83.1 cm³/mol. The largest absolute Gasteiger partial charge is 0.274 e. The number of allylic oxidation sites excluding steroid dienone is 2. The van der Waals surface area contributed by atoms with Gasteiger partial charge in [0, 0.05) is 0 Å². The normalized spacial score (nSPS) is 40.9. The van der Waals surface area contributed by atoms with Gasteiger partial charge in [0.25, 0.3) is 0 Å². The molecule has 22 heavy (non-hydrogen) atoms. The molecule has 112 valence electrons. The maximum absolute atomic E-state index is 13.0. The van der Waals surface area contributed by atoms with Crippen LogP contribution in [0.15, 0.2) is 30.4 Å². The van der Waals surface area contributed by atoms with E-state index < -0.39 is 0 Å². The maximum Gasteiger partial charge on any atom is 0.238 e. The summed E-state index contributed by atoms with van der Waals surface area (Å²) in [4.78, 5) is 27.5. The lowest BCUT2D eigenvalue weighted by Crippen LogP contribution is -2.40. The smallest absolute Gasteiger partial charge is 0.238 e. The molecule has 1 aliphatic heterocycles. The first-order chi connectivity index (χ1) is 10.6. The van der Waals surface area contributed by atoms with Crippen molar-refractivity contribution in [1.82, 2.24) is 0 Å². The van der Waals surface area contributed by atoms with Gasteiger partial charge in [0.2, 0.25) is 11.8 Å². The van der Waals surface area contributed by atoms with Crippen molar-refractivity contribution in [2.75, 3.05) is 4.90 Å². The van der Waals surface area contributed by atoms with Gasteiger partial charge in [0.15, 0.2) is 0 Å². The minimum Gasteiger partial charge on any atom is -0.274 e. The molecule has 4 aliphatic carbocycles. The highest BCUT2D eigenvalue weighted by molar-refractivity contribution is 6.23. The highest BCUT2D eigenvalue weighted by Crippen LogP contribution is 2.65. The van der Waals surface area contributed by atoms with E-state index in [1.165, 1.54) is 11.3 Å². The quantitative estimate of drug-likeness (QED) is 0.590. The van der Waals surface area contributed by atoms with Crippen molar-refractivity contribution in [2.24, 2.45) is 35.5 Å². The Morgan fingerprint density at radius 2 is 1.55 bits per heavy atom. The van der Waals surface area contributed by atoms with Crippen LogP contribution in [0.1, 0.15) is 17.5 Å². The van der Waals surface area contributed by atoms with Crippen molar-refractivity contribution in [3.63, 3.8) is 0 Å². The number of benzene rings is 1. The van der Waals surface area contributed by atoms with E-state index in [0.29, 0.717) is 23.7 Å². The Labute approximate surface area is 130 Å². The summed E-state index contributed by atoms with van der Waals surface area (Å²) in [7, 11) is 0. The molecule has 6 rings (SSSR count). The summed E-state index contributed by atoms with van der Waals surface area (Å²) >= 11 is 0. The fourth-order valence-corrected chi connectivity index (χ4v) is 5.25. The van der Waals surface area contributed by atoms with E-state index in [-0.39, 0.29) is 23.7 Å². The van der Waals surface area contributed by atoms with Crippen molar-refractivity contribution in [3.05, 3.63) is 41.5 Å². The summed E-state index contributed by atoms with van der Waals surface area (Å²) in [6.07, 6.45) is 5.65. The Hall–Kier alpha value is -1.90. The van der Waals surface area contributed by atoms with Gasteiger partial charge in [-0.25, -0.2) is 4.90 Å². The fourth-order valence-electron chi connectivity index (χ4n) is 5.25. The number of hydrogen-bond acceptors (Lipinski definition) is 2. The molecule has 2 saturated carbocycles. The number of imide groups is 1. The molecule has 1 aromatic rings. The third-order valence-corrected chi connectivity index (χ3v) is 6.26. The van der Waals surface area contributed by atoms with Gasteiger partial charge in [-0.3, -0.25) is 9.59 Å². The van der Waals surface area contributed by atoms with Crippen molar-refractivity contribution < 1.29 is 9.59 Å². The highest BCUT2D eigenvalue weighted by Gasteiger charge is 2.67. The van der Waals surface area contributed by atoms with Crippen LogP contribution in [0.4, 0.5) is 5.69 Å². The Morgan fingerprint density at radius 3 is 2.09 bits per heavy atom. The lowest BCUT2D eigenvalue weighted by molar-refractivity contribution is -0.124. The number of carbonyl (C=O) groups is 2. The molecule has 0 aromatic heterocycles. The van der Waals surface area contributed by atoms with E-state index >= 15 is 0 Å². The Balaban J connectivity index is 1.60. The van der Waals surface area contributed by atoms with Gasteiger partial charge in [-0.1, -0.05) is 29.8 Å². The van der Waals surface area contributed by atoms with Crippen LogP contribution in [0, 0.1) is 49.4 Å². The first kappa shape index (κ1) is 12.6. The second-order valence-electron chi connectivity index (χ2n) is 7.46. The number of anilines is 1. The average Bonchev–Trinajstić information content (AvgIpc) is 3.26. The summed E-state index contributed by atoms with van der Waals surface area (Å²) in [5.74, 6) is 1.77. The van der Waals surface area contributed by atoms with Gasteiger partial charge in [0.1, 0.15) is 0 Å². The van der Waals surface area contributed by atoms with Crippen LogP contribution < -0.4 is 4.90 Å². The number of rotatable bonds is 1. The monoisotopic (exact) mass is 293 g/mol. The Bertz CT molecular complexity index is 714. The molecule has 2 amide bonds. The summed E-state index contributed by atoms with van der Waals surface area (Å²) in [6, 6.07) is 5.95. The molecule has 0 spiro atoms. The lowest BCUT2D eigenvalue weighted by Gasteiger charge is -2.37. The Kier molecular flexibility index (Phi) is 2.23. The molecule has 6 atom stereocenters. The van der Waals surface area contributed by atoms with Gasteiger partial charge in [-0.15, -0.1) is 0 Å². The van der Waals surface area contributed by atoms with E-state index in [1.54, 1.807) is 0 Å². The molecule has 5 aliphatic rings. The van der Waals surface area contributed by atoms with Crippen molar-refractivity contribution in [2.45, 2.75) is 20.3 Å². The van der Waals surface area contributed by atoms with Gasteiger partial charge in [-0.05, 0) is 55.6 Å². The van der Waals surface area contributed by atoms with Crippen LogP contribution in [0.5, 0.6) is 0 Å². The molecule has 2 bridgehead atoms. The van der Waals surface area contributed by atoms with Crippen LogP contribution in [-0.4, -0.2) is 11.8 Å². The van der Waals surface area contributed by atoms with Crippen molar-refractivity contribution >= 4 is 17.5 Å². The number of aryl methyl sites for hydroxylation is 2. The molecule has 0 unspecified atom stereocenters. The van der Waals surface area contributed by atoms with E-state index in [9.17, 15) is 9.59 Å². The third kappa shape index (κ3) is 1.37. The average molecular weight is 293 g/mol. The van der Waals surface area contributed by atoms with E-state index in [4.69, 9.17) is 0 Å². The lowest BCUT2D eigenvalue weighted by atomic mass is 9.63. The van der Waals surface area contributed by atoms with Crippen LogP contribution in [0.25, 0.3) is 0 Å². The molecule has 0 radical (unpaired) electrons. The highest BCUT2D eigenvalue weighted by atomic mass is 16.2. The molecular weight excluding hydrogens is 274 g/mol. The molecule has 0 N–H and O–H groups in total. The fraction of sp³-hybridized carbons (Fsp3) is 0.474. The van der Waals surface area contributed by atoms with Gasteiger partial charge in [0.05, 0.1) is 17.5 Å². The summed E-state index contributed by atoms with van der Waals surface area (Å²) < 4.78 is 0. The van der Waals surface area contributed by atoms with Gasteiger partial charge < -0.3 is 0 Å².